The van der Waals surface area contributed by atoms with Crippen LogP contribution < -0.4 is 5.73 Å². The van der Waals surface area contributed by atoms with E-state index in [0.717, 1.165) is 6.07 Å². The van der Waals surface area contributed by atoms with Gasteiger partial charge in [-0.15, -0.1) is 0 Å². The summed E-state index contributed by atoms with van der Waals surface area (Å²) >= 11 is 5.62. The zero-order chi connectivity index (χ0) is 11.8. The van der Waals surface area contributed by atoms with Gasteiger partial charge in [-0.3, -0.25) is 0 Å². The summed E-state index contributed by atoms with van der Waals surface area (Å²) in [6, 6.07) is 0.147. The Balaban J connectivity index is 3.23. The molecule has 0 bridgehead atoms. The minimum atomic E-state index is -4.59. The Kier molecular flexibility index (Phi) is 3.16. The predicted octanol–water partition coefficient (Wildman–Crippen LogP) is 2.92. The van der Waals surface area contributed by atoms with Crippen LogP contribution in [0.2, 0.25) is 5.02 Å². The van der Waals surface area contributed by atoms with Crippen molar-refractivity contribution in [1.82, 2.24) is 0 Å². The predicted molar refractivity (Wildman–Crippen MR) is 50.8 cm³/mol. The van der Waals surface area contributed by atoms with Gasteiger partial charge in [0.1, 0.15) is 11.8 Å². The van der Waals surface area contributed by atoms with Crippen molar-refractivity contribution in [3.63, 3.8) is 0 Å². The van der Waals surface area contributed by atoms with Gasteiger partial charge in [-0.2, -0.15) is 13.2 Å². The molecule has 1 aromatic rings. The zero-order valence-electron chi connectivity index (χ0n) is 7.77. The average molecular weight is 240 g/mol. The number of alkyl halides is 3. The molecule has 84 valence electrons. The second kappa shape index (κ2) is 3.90. The monoisotopic (exact) mass is 239 g/mol. The van der Waals surface area contributed by atoms with Crippen LogP contribution in [-0.4, -0.2) is 11.3 Å². The van der Waals surface area contributed by atoms with Crippen LogP contribution in [-0.2, 0) is 0 Å². The number of hydrogen-bond acceptors (Lipinski definition) is 2. The van der Waals surface area contributed by atoms with Crippen molar-refractivity contribution in [1.29, 1.82) is 0 Å². The fourth-order valence-electron chi connectivity index (χ4n) is 1.12. The van der Waals surface area contributed by atoms with E-state index in [4.69, 9.17) is 17.3 Å². The highest BCUT2D eigenvalue weighted by atomic mass is 35.5. The second-order valence-corrected chi connectivity index (χ2v) is 3.54. The molecule has 0 saturated heterocycles. The SMILES string of the molecule is Cc1c(Cl)ccc([C@H](N)C(F)(F)F)c1O. The van der Waals surface area contributed by atoms with Crippen LogP contribution in [0.1, 0.15) is 17.2 Å². The quantitative estimate of drug-likeness (QED) is 0.792. The molecule has 1 aromatic carbocycles. The minimum Gasteiger partial charge on any atom is -0.507 e. The van der Waals surface area contributed by atoms with Crippen molar-refractivity contribution in [2.24, 2.45) is 5.73 Å². The number of benzene rings is 1. The van der Waals surface area contributed by atoms with E-state index < -0.39 is 18.0 Å². The molecule has 0 saturated carbocycles. The summed E-state index contributed by atoms with van der Waals surface area (Å²) in [4.78, 5) is 0. The summed E-state index contributed by atoms with van der Waals surface area (Å²) in [5.41, 5.74) is 4.78. The van der Waals surface area contributed by atoms with Gasteiger partial charge in [-0.05, 0) is 13.0 Å². The smallest absolute Gasteiger partial charge is 0.407 e. The van der Waals surface area contributed by atoms with Crippen molar-refractivity contribution >= 4 is 11.6 Å². The maximum Gasteiger partial charge on any atom is 0.407 e. The van der Waals surface area contributed by atoms with Crippen LogP contribution in [0.5, 0.6) is 5.75 Å². The summed E-state index contributed by atoms with van der Waals surface area (Å²) in [6.45, 7) is 1.42. The Morgan fingerprint density at radius 1 is 1.40 bits per heavy atom. The molecule has 6 heteroatoms. The van der Waals surface area contributed by atoms with Gasteiger partial charge in [0.2, 0.25) is 0 Å². The Bertz CT molecular complexity index is 378. The van der Waals surface area contributed by atoms with Crippen molar-refractivity contribution in [3.05, 3.63) is 28.3 Å². The van der Waals surface area contributed by atoms with E-state index in [0.29, 0.717) is 0 Å². The van der Waals surface area contributed by atoms with Crippen LogP contribution in [0.25, 0.3) is 0 Å². The molecule has 1 atom stereocenters. The number of nitrogens with two attached hydrogens (primary N) is 1. The first-order valence-corrected chi connectivity index (χ1v) is 4.43. The van der Waals surface area contributed by atoms with Gasteiger partial charge in [0, 0.05) is 16.1 Å². The van der Waals surface area contributed by atoms with Gasteiger partial charge in [0.05, 0.1) is 0 Å². The van der Waals surface area contributed by atoms with Gasteiger partial charge in [-0.1, -0.05) is 17.7 Å². The summed E-state index contributed by atoms with van der Waals surface area (Å²) in [7, 11) is 0. The maximum atomic E-state index is 12.3. The van der Waals surface area contributed by atoms with Gasteiger partial charge in [-0.25, -0.2) is 0 Å². The van der Waals surface area contributed by atoms with E-state index in [-0.39, 0.29) is 16.1 Å². The normalized spacial score (nSPS) is 14.0. The number of hydrogen-bond donors (Lipinski definition) is 2. The average Bonchev–Trinajstić information content (AvgIpc) is 2.12. The van der Waals surface area contributed by atoms with Crippen LogP contribution in [0.15, 0.2) is 12.1 Å². The summed E-state index contributed by atoms with van der Waals surface area (Å²) in [6.07, 6.45) is -4.59. The second-order valence-electron chi connectivity index (χ2n) is 3.13. The molecule has 0 radical (unpaired) electrons. The Labute approximate surface area is 89.5 Å². The standard InChI is InChI=1S/C9H9ClF3NO/c1-4-6(10)3-2-5(7(4)15)8(14)9(11,12)13/h2-3,8,15H,14H2,1H3/t8-/m0/s1. The summed E-state index contributed by atoms with van der Waals surface area (Å²) < 4.78 is 36.8. The molecule has 0 aliphatic heterocycles. The number of aromatic hydroxyl groups is 1. The van der Waals surface area contributed by atoms with Crippen molar-refractivity contribution in [2.45, 2.75) is 19.1 Å². The number of phenols is 1. The third-order valence-electron chi connectivity index (χ3n) is 2.08. The van der Waals surface area contributed by atoms with Crippen LogP contribution in [0, 0.1) is 6.92 Å². The molecule has 15 heavy (non-hydrogen) atoms. The first-order chi connectivity index (χ1) is 6.75. The topological polar surface area (TPSA) is 46.2 Å². The highest BCUT2D eigenvalue weighted by Gasteiger charge is 2.39. The number of phenolic OH excluding ortho intramolecular Hbond substituents is 1. The van der Waals surface area contributed by atoms with E-state index in [2.05, 4.69) is 0 Å². The Morgan fingerprint density at radius 3 is 2.40 bits per heavy atom. The van der Waals surface area contributed by atoms with Crippen molar-refractivity contribution in [2.75, 3.05) is 0 Å². The molecular weight excluding hydrogens is 231 g/mol. The van der Waals surface area contributed by atoms with Gasteiger partial charge >= 0.3 is 6.18 Å². The third-order valence-corrected chi connectivity index (χ3v) is 2.49. The molecule has 3 N–H and O–H groups in total. The molecule has 0 aliphatic carbocycles. The zero-order valence-corrected chi connectivity index (χ0v) is 8.52. The molecule has 0 aromatic heterocycles. The van der Waals surface area contributed by atoms with Crippen LogP contribution in [0.4, 0.5) is 13.2 Å². The maximum absolute atomic E-state index is 12.3. The third kappa shape index (κ3) is 2.35. The molecule has 0 heterocycles. The van der Waals surface area contributed by atoms with Gasteiger partial charge in [0.15, 0.2) is 0 Å². The Morgan fingerprint density at radius 2 is 1.93 bits per heavy atom. The lowest BCUT2D eigenvalue weighted by Crippen LogP contribution is -2.28. The Hall–Kier alpha value is -0.940. The molecule has 0 spiro atoms. The number of rotatable bonds is 1. The van der Waals surface area contributed by atoms with Crippen LogP contribution >= 0.6 is 11.6 Å². The van der Waals surface area contributed by atoms with E-state index in [1.165, 1.54) is 13.0 Å². The molecule has 0 amide bonds. The first-order valence-electron chi connectivity index (χ1n) is 4.05. The lowest BCUT2D eigenvalue weighted by Gasteiger charge is -2.18. The molecule has 1 rings (SSSR count). The molecular formula is C9H9ClF3NO. The highest BCUT2D eigenvalue weighted by Crippen LogP contribution is 2.38. The molecule has 0 fully saturated rings. The van der Waals surface area contributed by atoms with E-state index in [1.807, 2.05) is 0 Å². The fraction of sp³-hybridized carbons (Fsp3) is 0.333. The summed E-state index contributed by atoms with van der Waals surface area (Å²) in [5, 5.41) is 9.65. The van der Waals surface area contributed by atoms with Gasteiger partial charge in [0.25, 0.3) is 0 Å². The minimum absolute atomic E-state index is 0.189. The van der Waals surface area contributed by atoms with Gasteiger partial charge < -0.3 is 10.8 Å². The summed E-state index contributed by atoms with van der Waals surface area (Å²) in [5.74, 6) is -0.507. The van der Waals surface area contributed by atoms with Crippen LogP contribution in [0.3, 0.4) is 0 Å². The number of halogens is 4. The largest absolute Gasteiger partial charge is 0.507 e. The lowest BCUT2D eigenvalue weighted by atomic mass is 10.0. The first kappa shape index (κ1) is 12.1. The van der Waals surface area contributed by atoms with Crippen molar-refractivity contribution in [3.8, 4) is 5.75 Å². The van der Waals surface area contributed by atoms with E-state index in [9.17, 15) is 18.3 Å². The fourth-order valence-corrected chi connectivity index (χ4v) is 1.28. The van der Waals surface area contributed by atoms with Crippen molar-refractivity contribution < 1.29 is 18.3 Å². The lowest BCUT2D eigenvalue weighted by molar-refractivity contribution is -0.149. The van der Waals surface area contributed by atoms with E-state index in [1.54, 1.807) is 0 Å². The molecule has 0 unspecified atom stereocenters. The molecule has 2 nitrogen and oxygen atoms in total. The molecule has 0 aliphatic rings. The van der Waals surface area contributed by atoms with E-state index >= 15 is 0 Å². The highest BCUT2D eigenvalue weighted by molar-refractivity contribution is 6.31.